The van der Waals surface area contributed by atoms with Gasteiger partial charge < -0.3 is 15.4 Å². The SMILES string of the molecule is COc1cc(N)cc(C(=O)N2CCC(C(C)(C)C)CC2)c1. The molecule has 116 valence electrons. The van der Waals surface area contributed by atoms with Crippen LogP contribution < -0.4 is 10.5 Å². The van der Waals surface area contributed by atoms with Crippen molar-refractivity contribution in [1.29, 1.82) is 0 Å². The van der Waals surface area contributed by atoms with Gasteiger partial charge in [0.25, 0.3) is 5.91 Å². The lowest BCUT2D eigenvalue weighted by atomic mass is 9.75. The van der Waals surface area contributed by atoms with Crippen LogP contribution in [0.25, 0.3) is 0 Å². The number of nitrogens with zero attached hydrogens (tertiary/aromatic N) is 1. The maximum Gasteiger partial charge on any atom is 0.254 e. The van der Waals surface area contributed by atoms with Gasteiger partial charge in [-0.2, -0.15) is 0 Å². The first-order chi connectivity index (χ1) is 9.81. The van der Waals surface area contributed by atoms with Gasteiger partial charge in [0.2, 0.25) is 0 Å². The number of methoxy groups -OCH3 is 1. The number of carbonyl (C=O) groups excluding carboxylic acids is 1. The number of nitrogens with two attached hydrogens (primary N) is 1. The molecule has 4 heteroatoms. The molecule has 2 N–H and O–H groups in total. The molecule has 2 rings (SSSR count). The number of nitrogen functional groups attached to an aromatic ring is 1. The quantitative estimate of drug-likeness (QED) is 0.851. The van der Waals surface area contributed by atoms with Gasteiger partial charge in [-0.3, -0.25) is 4.79 Å². The Morgan fingerprint density at radius 3 is 2.38 bits per heavy atom. The fraction of sp³-hybridized carbons (Fsp3) is 0.588. The predicted molar refractivity (Wildman–Crippen MR) is 85.5 cm³/mol. The average molecular weight is 290 g/mol. The number of hydrogen-bond acceptors (Lipinski definition) is 3. The number of rotatable bonds is 2. The number of anilines is 1. The van der Waals surface area contributed by atoms with Crippen LogP contribution >= 0.6 is 0 Å². The summed E-state index contributed by atoms with van der Waals surface area (Å²) >= 11 is 0. The van der Waals surface area contributed by atoms with Crippen molar-refractivity contribution in [2.75, 3.05) is 25.9 Å². The first kappa shape index (κ1) is 15.7. The molecular weight excluding hydrogens is 264 g/mol. The van der Waals surface area contributed by atoms with Crippen molar-refractivity contribution in [1.82, 2.24) is 4.90 Å². The molecule has 1 amide bonds. The van der Waals surface area contributed by atoms with Crippen LogP contribution in [0, 0.1) is 11.3 Å². The van der Waals surface area contributed by atoms with Gasteiger partial charge in [-0.25, -0.2) is 0 Å². The normalized spacial score (nSPS) is 16.9. The van der Waals surface area contributed by atoms with Gasteiger partial charge >= 0.3 is 0 Å². The lowest BCUT2D eigenvalue weighted by Crippen LogP contribution is -2.41. The van der Waals surface area contributed by atoms with Crippen LogP contribution in [0.4, 0.5) is 5.69 Å². The Bertz CT molecular complexity index is 512. The lowest BCUT2D eigenvalue weighted by molar-refractivity contribution is 0.0608. The topological polar surface area (TPSA) is 55.6 Å². The summed E-state index contributed by atoms with van der Waals surface area (Å²) in [4.78, 5) is 14.5. The van der Waals surface area contributed by atoms with Gasteiger partial charge in [0, 0.05) is 30.4 Å². The fourth-order valence-corrected chi connectivity index (χ4v) is 2.99. The molecular formula is C17H26N2O2. The second kappa shape index (κ2) is 5.96. The Hall–Kier alpha value is -1.71. The van der Waals surface area contributed by atoms with Gasteiger partial charge in [0.1, 0.15) is 5.75 Å². The van der Waals surface area contributed by atoms with Crippen molar-refractivity contribution in [3.63, 3.8) is 0 Å². The highest BCUT2D eigenvalue weighted by Crippen LogP contribution is 2.34. The number of ether oxygens (including phenoxy) is 1. The van der Waals surface area contributed by atoms with Crippen molar-refractivity contribution in [3.05, 3.63) is 23.8 Å². The Balaban J connectivity index is 2.07. The monoisotopic (exact) mass is 290 g/mol. The van der Waals surface area contributed by atoms with Gasteiger partial charge in [-0.1, -0.05) is 20.8 Å². The second-order valence-electron chi connectivity index (χ2n) is 6.93. The smallest absolute Gasteiger partial charge is 0.254 e. The molecule has 1 aromatic carbocycles. The van der Waals surface area contributed by atoms with Crippen molar-refractivity contribution in [3.8, 4) is 5.75 Å². The summed E-state index contributed by atoms with van der Waals surface area (Å²) in [5, 5.41) is 0. The van der Waals surface area contributed by atoms with Crippen molar-refractivity contribution >= 4 is 11.6 Å². The summed E-state index contributed by atoms with van der Waals surface area (Å²) in [6.45, 7) is 8.46. The van der Waals surface area contributed by atoms with E-state index in [9.17, 15) is 4.79 Å². The van der Waals surface area contributed by atoms with Crippen LogP contribution in [0.3, 0.4) is 0 Å². The molecule has 0 bridgehead atoms. The van der Waals surface area contributed by atoms with Crippen molar-refractivity contribution in [2.45, 2.75) is 33.6 Å². The number of hydrogen-bond donors (Lipinski definition) is 1. The van der Waals surface area contributed by atoms with Crippen molar-refractivity contribution < 1.29 is 9.53 Å². The maximum atomic E-state index is 12.6. The largest absolute Gasteiger partial charge is 0.497 e. The van der Waals surface area contributed by atoms with E-state index in [2.05, 4.69) is 20.8 Å². The van der Waals surface area contributed by atoms with Gasteiger partial charge in [0.05, 0.1) is 7.11 Å². The molecule has 1 aliphatic rings. The standard InChI is InChI=1S/C17H26N2O2/c1-17(2,3)13-5-7-19(8-6-13)16(20)12-9-14(18)11-15(10-12)21-4/h9-11,13H,5-8,18H2,1-4H3. The van der Waals surface area contributed by atoms with E-state index in [4.69, 9.17) is 10.5 Å². The van der Waals surface area contributed by atoms with Crippen LogP contribution in [0.2, 0.25) is 0 Å². The molecule has 0 atom stereocenters. The minimum Gasteiger partial charge on any atom is -0.497 e. The summed E-state index contributed by atoms with van der Waals surface area (Å²) < 4.78 is 5.18. The highest BCUT2D eigenvalue weighted by molar-refractivity contribution is 5.95. The predicted octanol–water partition coefficient (Wildman–Crippen LogP) is 3.18. The Morgan fingerprint density at radius 2 is 1.86 bits per heavy atom. The van der Waals surface area contributed by atoms with Crippen LogP contribution in [-0.2, 0) is 0 Å². The molecule has 0 aromatic heterocycles. The molecule has 21 heavy (non-hydrogen) atoms. The van der Waals surface area contributed by atoms with E-state index in [1.165, 1.54) is 0 Å². The van der Waals surface area contributed by atoms with E-state index in [0.29, 0.717) is 28.3 Å². The highest BCUT2D eigenvalue weighted by atomic mass is 16.5. The molecule has 0 radical (unpaired) electrons. The Kier molecular flexibility index (Phi) is 4.45. The van der Waals surface area contributed by atoms with Crippen LogP contribution in [0.1, 0.15) is 44.0 Å². The third kappa shape index (κ3) is 3.69. The number of likely N-dealkylation sites (tertiary alicyclic amines) is 1. The zero-order chi connectivity index (χ0) is 15.6. The van der Waals surface area contributed by atoms with E-state index < -0.39 is 0 Å². The molecule has 4 nitrogen and oxygen atoms in total. The van der Waals surface area contributed by atoms with E-state index >= 15 is 0 Å². The molecule has 1 saturated heterocycles. The first-order valence-corrected chi connectivity index (χ1v) is 7.55. The molecule has 0 aliphatic carbocycles. The van der Waals surface area contributed by atoms with E-state index in [-0.39, 0.29) is 5.91 Å². The van der Waals surface area contributed by atoms with E-state index in [1.807, 2.05) is 4.90 Å². The first-order valence-electron chi connectivity index (χ1n) is 7.55. The van der Waals surface area contributed by atoms with Crippen molar-refractivity contribution in [2.24, 2.45) is 11.3 Å². The molecule has 1 aliphatic heterocycles. The summed E-state index contributed by atoms with van der Waals surface area (Å²) in [6.07, 6.45) is 2.13. The second-order valence-corrected chi connectivity index (χ2v) is 6.93. The molecule has 1 heterocycles. The van der Waals surface area contributed by atoms with Gasteiger partial charge in [0.15, 0.2) is 0 Å². The van der Waals surface area contributed by atoms with Gasteiger partial charge in [-0.05, 0) is 36.3 Å². The Morgan fingerprint density at radius 1 is 1.24 bits per heavy atom. The molecule has 0 spiro atoms. The molecule has 0 saturated carbocycles. The summed E-state index contributed by atoms with van der Waals surface area (Å²) in [7, 11) is 1.58. The summed E-state index contributed by atoms with van der Waals surface area (Å²) in [5.41, 5.74) is 7.32. The van der Waals surface area contributed by atoms with Crippen LogP contribution in [0.15, 0.2) is 18.2 Å². The lowest BCUT2D eigenvalue weighted by Gasteiger charge is -2.38. The van der Waals surface area contributed by atoms with E-state index in [0.717, 1.165) is 25.9 Å². The van der Waals surface area contributed by atoms with Gasteiger partial charge in [-0.15, -0.1) is 0 Å². The fourth-order valence-electron chi connectivity index (χ4n) is 2.99. The Labute approximate surface area is 127 Å². The average Bonchev–Trinajstić information content (AvgIpc) is 2.45. The number of amides is 1. The molecule has 0 unspecified atom stereocenters. The summed E-state index contributed by atoms with van der Waals surface area (Å²) in [6, 6.07) is 5.21. The highest BCUT2D eigenvalue weighted by Gasteiger charge is 2.30. The molecule has 1 aromatic rings. The third-order valence-corrected chi connectivity index (χ3v) is 4.42. The minimum atomic E-state index is 0.0490. The van der Waals surface area contributed by atoms with E-state index in [1.54, 1.807) is 25.3 Å². The van der Waals surface area contributed by atoms with Crippen LogP contribution in [0.5, 0.6) is 5.75 Å². The zero-order valence-electron chi connectivity index (χ0n) is 13.5. The number of carbonyl (C=O) groups is 1. The number of benzene rings is 1. The third-order valence-electron chi connectivity index (χ3n) is 4.42. The minimum absolute atomic E-state index is 0.0490. The summed E-state index contributed by atoms with van der Waals surface area (Å²) in [5.74, 6) is 1.35. The maximum absolute atomic E-state index is 12.6. The van der Waals surface area contributed by atoms with Crippen LogP contribution in [-0.4, -0.2) is 31.0 Å². The number of piperidine rings is 1. The zero-order valence-corrected chi connectivity index (χ0v) is 13.5. The molecule has 1 fully saturated rings.